The third kappa shape index (κ3) is 18.5. The highest BCUT2D eigenvalue weighted by Crippen LogP contribution is 2.30. The minimum absolute atomic E-state index is 0.808. The van der Waals surface area contributed by atoms with Crippen LogP contribution in [-0.4, -0.2) is 53.8 Å². The first-order chi connectivity index (χ1) is 52.0. The van der Waals surface area contributed by atoms with E-state index < -0.39 is 0 Å². The molecule has 106 heavy (non-hydrogen) atoms. The summed E-state index contributed by atoms with van der Waals surface area (Å²) in [5, 5.41) is 1.10. The fourth-order valence-electron chi connectivity index (χ4n) is 12.2. The molecule has 0 aliphatic heterocycles. The van der Waals surface area contributed by atoms with Crippen LogP contribution in [0.4, 0.5) is 0 Å². The second-order valence-corrected chi connectivity index (χ2v) is 25.4. The highest BCUT2D eigenvalue weighted by molar-refractivity contribution is 5.92. The number of hydrogen-bond acceptors (Lipinski definition) is 9. The number of benzene rings is 9. The zero-order valence-electron chi connectivity index (χ0n) is 60.1. The van der Waals surface area contributed by atoms with Crippen LogP contribution >= 0.6 is 0 Å². The van der Waals surface area contributed by atoms with Crippen LogP contribution in [0.1, 0.15) is 34.0 Å². The monoisotopic (exact) mass is 1370 g/mol. The minimum Gasteiger partial charge on any atom is -0.306 e. The van der Waals surface area contributed by atoms with Crippen LogP contribution in [-0.2, 0) is 0 Å². The van der Waals surface area contributed by atoms with Crippen molar-refractivity contribution in [3.8, 4) is 95.9 Å². The summed E-state index contributed by atoms with van der Waals surface area (Å²) in [5.74, 6) is 1.83. The maximum Gasteiger partial charge on any atom is 0.137 e. The van der Waals surface area contributed by atoms with Crippen molar-refractivity contribution < 1.29 is 0 Å². The van der Waals surface area contributed by atoms with Crippen molar-refractivity contribution in [3.05, 3.63) is 405 Å². The SMILES string of the molecule is Cc1cc(-c2ccccc2)cc(-c2ccccc2)n1.Cc1cc(-c2ccccc2)nc(-c2ccccc2)c1.Cc1cc(-c2ccccn2)nc(-c2ccccn2)c1.Cc1ccc(-c2cn3ccccc3n2)cc1.Cc1nc(-c2ccccc2)c2ccccc2n1.Cc1nc2ccccc2n1-c1ccccc1. The van der Waals surface area contributed by atoms with Crippen LogP contribution in [0.25, 0.3) is 123 Å². The Morgan fingerprint density at radius 3 is 1.26 bits per heavy atom. The minimum atomic E-state index is 0.808. The van der Waals surface area contributed by atoms with E-state index in [-0.39, 0.29) is 0 Å². The number of imidazole rings is 2. The zero-order valence-corrected chi connectivity index (χ0v) is 60.1. The smallest absolute Gasteiger partial charge is 0.137 e. The van der Waals surface area contributed by atoms with Crippen molar-refractivity contribution in [1.82, 2.24) is 53.8 Å². The van der Waals surface area contributed by atoms with Gasteiger partial charge in [0.2, 0.25) is 0 Å². The number of fused-ring (bicyclic) bond motifs is 3. The van der Waals surface area contributed by atoms with E-state index in [2.05, 4.69) is 217 Å². The van der Waals surface area contributed by atoms with E-state index in [4.69, 9.17) is 4.98 Å². The third-order valence-corrected chi connectivity index (χ3v) is 17.3. The molecule has 0 radical (unpaired) electrons. The topological polar surface area (TPSA) is 125 Å². The van der Waals surface area contributed by atoms with Gasteiger partial charge in [0.1, 0.15) is 17.3 Å². The normalized spacial score (nSPS) is 10.5. The van der Waals surface area contributed by atoms with E-state index in [0.717, 1.165) is 135 Å². The molecule has 0 unspecified atom stereocenters. The lowest BCUT2D eigenvalue weighted by Crippen LogP contribution is -1.95. The largest absolute Gasteiger partial charge is 0.306 e. The molecule has 0 spiro atoms. The number of nitrogens with zero attached hydrogens (tertiary/aromatic N) is 11. The second kappa shape index (κ2) is 34.7. The lowest BCUT2D eigenvalue weighted by atomic mass is 10.0. The Morgan fingerprint density at radius 2 is 0.717 bits per heavy atom. The van der Waals surface area contributed by atoms with Gasteiger partial charge in [0, 0.05) is 69.4 Å². The Balaban J connectivity index is 0.000000113. The van der Waals surface area contributed by atoms with Crippen molar-refractivity contribution in [2.24, 2.45) is 0 Å². The van der Waals surface area contributed by atoms with Crippen LogP contribution in [0.15, 0.2) is 371 Å². The van der Waals surface area contributed by atoms with Gasteiger partial charge in [0.25, 0.3) is 0 Å². The van der Waals surface area contributed by atoms with E-state index in [1.165, 1.54) is 22.3 Å². The molecule has 9 aromatic carbocycles. The number of hydrogen-bond donors (Lipinski definition) is 0. The predicted octanol–water partition coefficient (Wildman–Crippen LogP) is 23.2. The maximum atomic E-state index is 4.77. The predicted molar refractivity (Wildman–Crippen MR) is 436 cm³/mol. The average Bonchev–Trinajstić information content (AvgIpc) is 1.70. The van der Waals surface area contributed by atoms with Gasteiger partial charge in [-0.15, -0.1) is 0 Å². The summed E-state index contributed by atoms with van der Waals surface area (Å²) in [5.41, 5.74) is 26.9. The molecule has 18 rings (SSSR count). The molecule has 0 N–H and O–H groups in total. The summed E-state index contributed by atoms with van der Waals surface area (Å²) in [4.78, 5) is 40.9. The van der Waals surface area contributed by atoms with E-state index >= 15 is 0 Å². The molecule has 0 saturated carbocycles. The first-order valence-electron chi connectivity index (χ1n) is 35.3. The van der Waals surface area contributed by atoms with Gasteiger partial charge in [-0.1, -0.05) is 248 Å². The van der Waals surface area contributed by atoms with Gasteiger partial charge < -0.3 is 4.40 Å². The molecular weight excluding hydrogens is 1300 g/mol. The van der Waals surface area contributed by atoms with Crippen molar-refractivity contribution in [1.29, 1.82) is 0 Å². The van der Waals surface area contributed by atoms with Gasteiger partial charge in [0.05, 0.1) is 67.8 Å². The van der Waals surface area contributed by atoms with Crippen LogP contribution in [0.3, 0.4) is 0 Å². The van der Waals surface area contributed by atoms with Gasteiger partial charge in [-0.05, 0) is 167 Å². The molecule has 0 amide bonds. The molecule has 9 heterocycles. The van der Waals surface area contributed by atoms with Crippen LogP contribution in [0.5, 0.6) is 0 Å². The Kier molecular flexibility index (Phi) is 23.2. The summed E-state index contributed by atoms with van der Waals surface area (Å²) in [6, 6.07) is 117. The summed E-state index contributed by atoms with van der Waals surface area (Å²) in [7, 11) is 0. The summed E-state index contributed by atoms with van der Waals surface area (Å²) < 4.78 is 4.21. The van der Waals surface area contributed by atoms with E-state index in [1.54, 1.807) is 12.4 Å². The summed E-state index contributed by atoms with van der Waals surface area (Å²) in [6.45, 7) is 12.3. The molecule has 11 nitrogen and oxygen atoms in total. The standard InChI is InChI=1S/2C18H15N.C16H13N3.C15H12N2.2C14H12N2/c1-14-12-17(15-8-4-2-5-9-15)13-18(19-14)16-10-6-3-7-11-16;1-14-12-17(15-8-4-2-5-9-15)19-18(13-14)16-10-6-3-7-11-16;1-12-10-15(13-6-2-4-8-17-13)19-16(11-12)14-7-3-5-9-18-14;1-11-16-14-10-6-5-9-13(14)15(17-11)12-7-3-2-4-8-12;1-11-5-7-12(8-6-11)13-10-16-9-3-2-4-14(16)15-13;1-11-15-13-9-5-6-10-14(13)16(11)12-7-3-2-4-8-12/h2*2-13H,1H3;2-11H,1H3;2-10H,1H3;2*2-10H,1H3. The fraction of sp³-hybridized carbons (Fsp3) is 0.0632. The fourth-order valence-corrected chi connectivity index (χ4v) is 12.2. The van der Waals surface area contributed by atoms with Crippen molar-refractivity contribution in [3.63, 3.8) is 0 Å². The molecule has 0 saturated heterocycles. The van der Waals surface area contributed by atoms with E-state index in [0.29, 0.717) is 0 Å². The average molecular weight is 1370 g/mol. The first kappa shape index (κ1) is 70.7. The molecule has 9 aromatic heterocycles. The first-order valence-corrected chi connectivity index (χ1v) is 35.3. The maximum absolute atomic E-state index is 4.77. The lowest BCUT2D eigenvalue weighted by Gasteiger charge is -2.07. The van der Waals surface area contributed by atoms with Crippen LogP contribution in [0, 0.1) is 41.5 Å². The van der Waals surface area contributed by atoms with E-state index in [1.807, 2.05) is 232 Å². The molecule has 514 valence electrons. The van der Waals surface area contributed by atoms with Crippen LogP contribution in [0.2, 0.25) is 0 Å². The second-order valence-electron chi connectivity index (χ2n) is 25.4. The van der Waals surface area contributed by atoms with Crippen molar-refractivity contribution in [2.45, 2.75) is 41.5 Å². The zero-order chi connectivity index (χ0) is 72.8. The lowest BCUT2D eigenvalue weighted by molar-refractivity contribution is 1.00. The summed E-state index contributed by atoms with van der Waals surface area (Å²) >= 11 is 0. The highest BCUT2D eigenvalue weighted by Gasteiger charge is 2.12. The number of para-hydroxylation sites is 4. The Bertz CT molecular complexity index is 5300. The molecule has 11 heteroatoms. The van der Waals surface area contributed by atoms with Gasteiger partial charge in [-0.3, -0.25) is 19.5 Å². The molecule has 18 aromatic rings. The Morgan fingerprint density at radius 1 is 0.264 bits per heavy atom. The van der Waals surface area contributed by atoms with Crippen molar-refractivity contribution in [2.75, 3.05) is 0 Å². The molecule has 0 atom stereocenters. The van der Waals surface area contributed by atoms with Crippen LogP contribution < -0.4 is 0 Å². The number of rotatable bonds is 9. The van der Waals surface area contributed by atoms with Gasteiger partial charge in [0.15, 0.2) is 0 Å². The van der Waals surface area contributed by atoms with Gasteiger partial charge >= 0.3 is 0 Å². The quantitative estimate of drug-likeness (QED) is 0.139. The van der Waals surface area contributed by atoms with E-state index in [9.17, 15) is 0 Å². The Labute approximate surface area is 619 Å². The summed E-state index contributed by atoms with van der Waals surface area (Å²) in [6.07, 6.45) is 7.62. The molecule has 0 bridgehead atoms. The highest BCUT2D eigenvalue weighted by atomic mass is 15.1. The number of aryl methyl sites for hydroxylation is 6. The molecular formula is C95H79N11. The molecule has 0 aliphatic carbocycles. The number of pyridine rings is 6. The Hall–Kier alpha value is -13.8. The molecule has 0 aliphatic rings. The third-order valence-electron chi connectivity index (χ3n) is 17.3. The number of aromatic nitrogens is 11. The van der Waals surface area contributed by atoms with Crippen molar-refractivity contribution >= 4 is 27.6 Å². The van der Waals surface area contributed by atoms with Gasteiger partial charge in [-0.2, -0.15) is 0 Å². The molecule has 0 fully saturated rings. The van der Waals surface area contributed by atoms with Gasteiger partial charge in [-0.25, -0.2) is 29.9 Å².